The Bertz CT molecular complexity index is 591. The van der Waals surface area contributed by atoms with Crippen molar-refractivity contribution < 1.29 is 13.3 Å². The Labute approximate surface area is 122 Å². The van der Waals surface area contributed by atoms with Crippen LogP contribution in [0.3, 0.4) is 0 Å². The molecule has 0 heterocycles. The highest BCUT2D eigenvalue weighted by molar-refractivity contribution is 7.89. The number of non-ortho nitro benzene ring substituents is 1. The van der Waals surface area contributed by atoms with Gasteiger partial charge in [-0.1, -0.05) is 24.9 Å². The maximum absolute atomic E-state index is 12.2. The minimum Gasteiger partial charge on any atom is -0.329 e. The molecule has 20 heavy (non-hydrogen) atoms. The van der Waals surface area contributed by atoms with Crippen LogP contribution < -0.4 is 10.5 Å². The standard InChI is InChI=1S/C11H16ClN3O4S/c1-2-3-8(7-13)14-20(18,19)11-6-9(15(16)17)4-5-10(11)12/h4-6,8,14H,2-3,7,13H2,1H3. The summed E-state index contributed by atoms with van der Waals surface area (Å²) in [5.74, 6) is 0. The molecular formula is C11H16ClN3O4S. The first-order valence-corrected chi connectivity index (χ1v) is 7.84. The summed E-state index contributed by atoms with van der Waals surface area (Å²) in [6.07, 6.45) is 1.33. The van der Waals surface area contributed by atoms with Crippen molar-refractivity contribution in [3.8, 4) is 0 Å². The van der Waals surface area contributed by atoms with Gasteiger partial charge in [-0.3, -0.25) is 10.1 Å². The first-order chi connectivity index (χ1) is 9.31. The van der Waals surface area contributed by atoms with E-state index in [4.69, 9.17) is 17.3 Å². The number of nitrogens with one attached hydrogen (secondary N) is 1. The van der Waals surface area contributed by atoms with Gasteiger partial charge in [-0.25, -0.2) is 13.1 Å². The van der Waals surface area contributed by atoms with Crippen molar-refractivity contribution in [1.29, 1.82) is 0 Å². The van der Waals surface area contributed by atoms with Gasteiger partial charge in [-0.2, -0.15) is 0 Å². The lowest BCUT2D eigenvalue weighted by Gasteiger charge is -2.16. The van der Waals surface area contributed by atoms with Gasteiger partial charge < -0.3 is 5.73 Å². The van der Waals surface area contributed by atoms with Gasteiger partial charge in [0, 0.05) is 24.7 Å². The maximum Gasteiger partial charge on any atom is 0.270 e. The monoisotopic (exact) mass is 321 g/mol. The molecule has 0 aliphatic heterocycles. The van der Waals surface area contributed by atoms with E-state index in [1.807, 2.05) is 6.92 Å². The smallest absolute Gasteiger partial charge is 0.270 e. The lowest BCUT2D eigenvalue weighted by atomic mass is 10.2. The lowest BCUT2D eigenvalue weighted by Crippen LogP contribution is -2.40. The van der Waals surface area contributed by atoms with Crippen LogP contribution >= 0.6 is 11.6 Å². The van der Waals surface area contributed by atoms with E-state index in [0.717, 1.165) is 18.6 Å². The van der Waals surface area contributed by atoms with E-state index < -0.39 is 21.0 Å². The Morgan fingerprint density at radius 3 is 2.65 bits per heavy atom. The highest BCUT2D eigenvalue weighted by Gasteiger charge is 2.24. The van der Waals surface area contributed by atoms with Gasteiger partial charge in [0.15, 0.2) is 0 Å². The van der Waals surface area contributed by atoms with Gasteiger partial charge in [-0.15, -0.1) is 0 Å². The highest BCUT2D eigenvalue weighted by atomic mass is 35.5. The fourth-order valence-corrected chi connectivity index (χ4v) is 3.47. The van der Waals surface area contributed by atoms with Crippen LogP contribution in [0.1, 0.15) is 19.8 Å². The molecule has 0 aliphatic carbocycles. The van der Waals surface area contributed by atoms with E-state index >= 15 is 0 Å². The highest BCUT2D eigenvalue weighted by Crippen LogP contribution is 2.26. The van der Waals surface area contributed by atoms with Crippen molar-refractivity contribution >= 4 is 27.3 Å². The molecule has 9 heteroatoms. The molecule has 1 atom stereocenters. The second-order valence-corrected chi connectivity index (χ2v) is 6.30. The number of hydrogen-bond acceptors (Lipinski definition) is 5. The molecule has 1 unspecified atom stereocenters. The molecule has 1 rings (SSSR count). The fraction of sp³-hybridized carbons (Fsp3) is 0.455. The summed E-state index contributed by atoms with van der Waals surface area (Å²) in [5.41, 5.74) is 5.15. The molecule has 0 radical (unpaired) electrons. The summed E-state index contributed by atoms with van der Waals surface area (Å²) in [5, 5.41) is 10.6. The summed E-state index contributed by atoms with van der Waals surface area (Å²) in [7, 11) is -3.95. The molecule has 0 aromatic heterocycles. The van der Waals surface area contributed by atoms with Gasteiger partial charge in [-0.05, 0) is 12.5 Å². The quantitative estimate of drug-likeness (QED) is 0.585. The lowest BCUT2D eigenvalue weighted by molar-refractivity contribution is -0.385. The van der Waals surface area contributed by atoms with E-state index in [1.54, 1.807) is 0 Å². The third-order valence-corrected chi connectivity index (χ3v) is 4.66. The minimum atomic E-state index is -3.95. The third kappa shape index (κ3) is 4.14. The van der Waals surface area contributed by atoms with Gasteiger partial charge in [0.05, 0.1) is 9.95 Å². The van der Waals surface area contributed by atoms with Crippen LogP contribution in [0.15, 0.2) is 23.1 Å². The van der Waals surface area contributed by atoms with Gasteiger partial charge in [0.1, 0.15) is 4.90 Å². The molecule has 0 spiro atoms. The van der Waals surface area contributed by atoms with Crippen LogP contribution in [0.25, 0.3) is 0 Å². The molecule has 0 fully saturated rings. The number of nitro benzene ring substituents is 1. The molecule has 7 nitrogen and oxygen atoms in total. The zero-order chi connectivity index (χ0) is 15.3. The van der Waals surface area contributed by atoms with Crippen molar-refractivity contribution in [3.63, 3.8) is 0 Å². The summed E-state index contributed by atoms with van der Waals surface area (Å²) in [4.78, 5) is 9.70. The fourth-order valence-electron chi connectivity index (χ4n) is 1.67. The molecule has 0 saturated heterocycles. The Morgan fingerprint density at radius 1 is 1.50 bits per heavy atom. The Hall–Kier alpha value is -1.22. The molecule has 1 aromatic rings. The van der Waals surface area contributed by atoms with E-state index in [9.17, 15) is 18.5 Å². The Morgan fingerprint density at radius 2 is 2.15 bits per heavy atom. The van der Waals surface area contributed by atoms with Gasteiger partial charge in [0.25, 0.3) is 5.69 Å². The predicted molar refractivity (Wildman–Crippen MR) is 76.2 cm³/mol. The number of nitrogens with zero attached hydrogens (tertiary/aromatic N) is 1. The zero-order valence-corrected chi connectivity index (χ0v) is 12.4. The molecule has 0 saturated carbocycles. The Kier molecular flexibility index (Phi) is 5.88. The molecule has 3 N–H and O–H groups in total. The maximum atomic E-state index is 12.2. The van der Waals surface area contributed by atoms with Crippen LogP contribution in [0, 0.1) is 10.1 Å². The second-order valence-electron chi connectivity index (χ2n) is 4.21. The molecular weight excluding hydrogens is 306 g/mol. The average molecular weight is 322 g/mol. The topological polar surface area (TPSA) is 115 Å². The van der Waals surface area contributed by atoms with Crippen molar-refractivity contribution in [2.45, 2.75) is 30.7 Å². The van der Waals surface area contributed by atoms with Crippen molar-refractivity contribution in [1.82, 2.24) is 4.72 Å². The molecule has 0 aliphatic rings. The number of nitro groups is 1. The molecule has 112 valence electrons. The first kappa shape index (κ1) is 16.8. The Balaban J connectivity index is 3.14. The van der Waals surface area contributed by atoms with E-state index in [1.165, 1.54) is 6.07 Å². The summed E-state index contributed by atoms with van der Waals surface area (Å²) in [6.45, 7) is 2.04. The molecule has 1 aromatic carbocycles. The zero-order valence-electron chi connectivity index (χ0n) is 10.9. The average Bonchev–Trinajstić information content (AvgIpc) is 2.37. The molecule has 0 amide bonds. The van der Waals surface area contributed by atoms with Crippen molar-refractivity contribution in [3.05, 3.63) is 33.3 Å². The van der Waals surface area contributed by atoms with Crippen LogP contribution in [0.5, 0.6) is 0 Å². The largest absolute Gasteiger partial charge is 0.329 e. The van der Waals surface area contributed by atoms with Crippen molar-refractivity contribution in [2.75, 3.05) is 6.54 Å². The van der Waals surface area contributed by atoms with E-state index in [-0.39, 0.29) is 22.2 Å². The van der Waals surface area contributed by atoms with Crippen LogP contribution in [-0.4, -0.2) is 25.9 Å². The van der Waals surface area contributed by atoms with E-state index in [2.05, 4.69) is 4.72 Å². The van der Waals surface area contributed by atoms with Crippen molar-refractivity contribution in [2.24, 2.45) is 5.73 Å². The number of hydrogen-bond donors (Lipinski definition) is 2. The summed E-state index contributed by atoms with van der Waals surface area (Å²) >= 11 is 5.82. The number of rotatable bonds is 7. The van der Waals surface area contributed by atoms with Crippen LogP contribution in [0.4, 0.5) is 5.69 Å². The number of halogens is 1. The van der Waals surface area contributed by atoms with E-state index in [0.29, 0.717) is 6.42 Å². The SMILES string of the molecule is CCCC(CN)NS(=O)(=O)c1cc([N+](=O)[O-])ccc1Cl. The van der Waals surface area contributed by atoms with Crippen LogP contribution in [-0.2, 0) is 10.0 Å². The summed E-state index contributed by atoms with van der Waals surface area (Å²) < 4.78 is 26.8. The second kappa shape index (κ2) is 6.98. The third-order valence-electron chi connectivity index (χ3n) is 2.66. The summed E-state index contributed by atoms with van der Waals surface area (Å²) in [6, 6.07) is 2.84. The predicted octanol–water partition coefficient (Wildman–Crippen LogP) is 1.65. The van der Waals surface area contributed by atoms with Gasteiger partial charge in [0.2, 0.25) is 10.0 Å². The normalized spacial score (nSPS) is 13.2. The molecule has 0 bridgehead atoms. The van der Waals surface area contributed by atoms with Crippen LogP contribution in [0.2, 0.25) is 5.02 Å². The number of benzene rings is 1. The van der Waals surface area contributed by atoms with Gasteiger partial charge >= 0.3 is 0 Å². The minimum absolute atomic E-state index is 0.0737. The number of nitrogens with two attached hydrogens (primary N) is 1. The first-order valence-electron chi connectivity index (χ1n) is 5.98. The number of sulfonamides is 1.